The third-order valence-corrected chi connectivity index (χ3v) is 7.45. The van der Waals surface area contributed by atoms with Crippen LogP contribution in [0.15, 0.2) is 12.2 Å². The molecule has 20 heavy (non-hydrogen) atoms. The minimum atomic E-state index is -0.199. The van der Waals surface area contributed by atoms with Crippen LogP contribution >= 0.6 is 0 Å². The van der Waals surface area contributed by atoms with Gasteiger partial charge in [-0.05, 0) is 80.0 Å². The highest BCUT2D eigenvalue weighted by Gasteiger charge is 2.56. The molecule has 0 amide bonds. The molecular formula is C18H28O2. The van der Waals surface area contributed by atoms with Crippen LogP contribution in [0, 0.1) is 35.0 Å². The van der Waals surface area contributed by atoms with Gasteiger partial charge in [0.1, 0.15) is 0 Å². The lowest BCUT2D eigenvalue weighted by atomic mass is 9.51. The number of aliphatic hydroxyl groups excluding tert-OH is 2. The first-order chi connectivity index (χ1) is 9.59. The van der Waals surface area contributed by atoms with Gasteiger partial charge in [-0.15, -0.1) is 0 Å². The zero-order chi connectivity index (χ0) is 13.9. The summed E-state index contributed by atoms with van der Waals surface area (Å²) in [5, 5.41) is 20.2. The van der Waals surface area contributed by atoms with E-state index in [-0.39, 0.29) is 17.6 Å². The van der Waals surface area contributed by atoms with E-state index in [1.165, 1.54) is 32.1 Å². The molecule has 0 aromatic heterocycles. The largest absolute Gasteiger partial charge is 0.393 e. The van der Waals surface area contributed by atoms with Gasteiger partial charge in [-0.1, -0.05) is 19.1 Å². The fourth-order valence-electron chi connectivity index (χ4n) is 6.35. The molecule has 4 aliphatic rings. The van der Waals surface area contributed by atoms with Gasteiger partial charge in [-0.3, -0.25) is 0 Å². The topological polar surface area (TPSA) is 40.5 Å². The first kappa shape index (κ1) is 13.3. The average molecular weight is 276 g/mol. The van der Waals surface area contributed by atoms with Gasteiger partial charge in [0.25, 0.3) is 0 Å². The summed E-state index contributed by atoms with van der Waals surface area (Å²) in [4.78, 5) is 0. The van der Waals surface area contributed by atoms with Gasteiger partial charge in [0, 0.05) is 0 Å². The van der Waals surface area contributed by atoms with E-state index < -0.39 is 0 Å². The zero-order valence-corrected chi connectivity index (χ0v) is 12.5. The Morgan fingerprint density at radius 1 is 0.950 bits per heavy atom. The molecule has 2 heteroatoms. The van der Waals surface area contributed by atoms with Crippen molar-refractivity contribution < 1.29 is 10.2 Å². The van der Waals surface area contributed by atoms with Gasteiger partial charge in [0.05, 0.1) is 12.2 Å². The quantitative estimate of drug-likeness (QED) is 0.667. The Balaban J connectivity index is 1.61. The van der Waals surface area contributed by atoms with E-state index >= 15 is 0 Å². The molecule has 2 N–H and O–H groups in total. The summed E-state index contributed by atoms with van der Waals surface area (Å²) in [6.07, 6.45) is 12.5. The standard InChI is InChI=1S/C18H28O2/c1-18-9-8-14-13-5-3-12(19)10-11(13)2-4-15(14)16(18)6-7-17(18)20/h3,5,11-17,19-20H,2,4,6-10H2,1H3/t11-,12?,13-,14+,15+,16-,17?,18-/m0/s1. The van der Waals surface area contributed by atoms with E-state index in [1.54, 1.807) is 0 Å². The van der Waals surface area contributed by atoms with Crippen LogP contribution in [0.2, 0.25) is 0 Å². The van der Waals surface area contributed by atoms with Gasteiger partial charge in [0.15, 0.2) is 0 Å². The van der Waals surface area contributed by atoms with Crippen molar-refractivity contribution in [1.82, 2.24) is 0 Å². The summed E-state index contributed by atoms with van der Waals surface area (Å²) in [6, 6.07) is 0. The average Bonchev–Trinajstić information content (AvgIpc) is 2.74. The summed E-state index contributed by atoms with van der Waals surface area (Å²) in [5.41, 5.74) is 0.200. The highest BCUT2D eigenvalue weighted by atomic mass is 16.3. The first-order valence-electron chi connectivity index (χ1n) is 8.64. The van der Waals surface area contributed by atoms with Crippen molar-refractivity contribution in [1.29, 1.82) is 0 Å². The van der Waals surface area contributed by atoms with E-state index in [1.807, 2.05) is 6.08 Å². The second-order valence-corrected chi connectivity index (χ2v) is 8.17. The van der Waals surface area contributed by atoms with Gasteiger partial charge in [-0.25, -0.2) is 0 Å². The molecule has 0 bridgehead atoms. The minimum absolute atomic E-state index is 0.0603. The molecule has 3 fully saturated rings. The normalized spacial score (nSPS) is 57.9. The summed E-state index contributed by atoms with van der Waals surface area (Å²) in [5.74, 6) is 3.82. The molecule has 2 unspecified atom stereocenters. The molecule has 4 aliphatic carbocycles. The van der Waals surface area contributed by atoms with Crippen molar-refractivity contribution in [2.24, 2.45) is 35.0 Å². The molecule has 0 aromatic rings. The maximum Gasteiger partial charge on any atom is 0.0723 e. The number of allylic oxidation sites excluding steroid dienone is 1. The molecule has 8 atom stereocenters. The number of hydrogen-bond donors (Lipinski definition) is 2. The Morgan fingerprint density at radius 3 is 2.65 bits per heavy atom. The highest BCUT2D eigenvalue weighted by molar-refractivity contribution is 5.11. The SMILES string of the molecule is C[C@]12CC[C@@H]3[C@H]4C=CC(O)C[C@@H]4CC[C@H]3[C@@H]1CCC2O. The molecule has 112 valence electrons. The number of aliphatic hydroxyl groups is 2. The van der Waals surface area contributed by atoms with Crippen molar-refractivity contribution >= 4 is 0 Å². The lowest BCUT2D eigenvalue weighted by molar-refractivity contribution is -0.0703. The van der Waals surface area contributed by atoms with Crippen LogP contribution in [0.1, 0.15) is 51.9 Å². The lowest BCUT2D eigenvalue weighted by Crippen LogP contribution is -2.48. The van der Waals surface area contributed by atoms with Crippen molar-refractivity contribution in [3.63, 3.8) is 0 Å². The molecular weight excluding hydrogens is 248 g/mol. The molecule has 0 radical (unpaired) electrons. The Kier molecular flexibility index (Phi) is 3.05. The molecule has 0 spiro atoms. The van der Waals surface area contributed by atoms with E-state index in [9.17, 15) is 10.2 Å². The van der Waals surface area contributed by atoms with Gasteiger partial charge < -0.3 is 10.2 Å². The maximum atomic E-state index is 10.4. The van der Waals surface area contributed by atoms with E-state index in [0.717, 1.165) is 30.6 Å². The molecule has 0 aromatic carbocycles. The van der Waals surface area contributed by atoms with Crippen LogP contribution < -0.4 is 0 Å². The second kappa shape index (κ2) is 4.58. The lowest BCUT2D eigenvalue weighted by Gasteiger charge is -2.54. The predicted octanol–water partition coefficient (Wildman–Crippen LogP) is 3.14. The second-order valence-electron chi connectivity index (χ2n) is 8.17. The summed E-state index contributed by atoms with van der Waals surface area (Å²) < 4.78 is 0. The van der Waals surface area contributed by atoms with Crippen molar-refractivity contribution in [2.75, 3.05) is 0 Å². The van der Waals surface area contributed by atoms with Crippen LogP contribution in [0.3, 0.4) is 0 Å². The first-order valence-corrected chi connectivity index (χ1v) is 8.64. The Morgan fingerprint density at radius 2 is 1.80 bits per heavy atom. The zero-order valence-electron chi connectivity index (χ0n) is 12.5. The van der Waals surface area contributed by atoms with E-state index in [2.05, 4.69) is 13.0 Å². The third-order valence-electron chi connectivity index (χ3n) is 7.45. The smallest absolute Gasteiger partial charge is 0.0723 e. The number of rotatable bonds is 0. The summed E-state index contributed by atoms with van der Waals surface area (Å²) in [6.45, 7) is 2.35. The van der Waals surface area contributed by atoms with Crippen LogP contribution in [0.5, 0.6) is 0 Å². The van der Waals surface area contributed by atoms with E-state index in [4.69, 9.17) is 0 Å². The van der Waals surface area contributed by atoms with Gasteiger partial charge in [0.2, 0.25) is 0 Å². The van der Waals surface area contributed by atoms with Crippen LogP contribution in [0.4, 0.5) is 0 Å². The third kappa shape index (κ3) is 1.77. The number of hydrogen-bond acceptors (Lipinski definition) is 2. The van der Waals surface area contributed by atoms with Gasteiger partial charge >= 0.3 is 0 Å². The Labute approximate surface area is 122 Å². The monoisotopic (exact) mass is 276 g/mol. The van der Waals surface area contributed by atoms with Crippen molar-refractivity contribution in [3.05, 3.63) is 12.2 Å². The summed E-state index contributed by atoms with van der Waals surface area (Å²) in [7, 11) is 0. The Hall–Kier alpha value is -0.340. The minimum Gasteiger partial charge on any atom is -0.393 e. The molecule has 4 rings (SSSR count). The van der Waals surface area contributed by atoms with Crippen LogP contribution in [-0.4, -0.2) is 22.4 Å². The summed E-state index contributed by atoms with van der Waals surface area (Å²) >= 11 is 0. The van der Waals surface area contributed by atoms with E-state index in [0.29, 0.717) is 11.8 Å². The molecule has 0 aliphatic heterocycles. The number of fused-ring (bicyclic) bond motifs is 5. The van der Waals surface area contributed by atoms with Crippen molar-refractivity contribution in [3.8, 4) is 0 Å². The molecule has 2 nitrogen and oxygen atoms in total. The fourth-order valence-corrected chi connectivity index (χ4v) is 6.35. The highest BCUT2D eigenvalue weighted by Crippen LogP contribution is 2.61. The molecule has 0 saturated heterocycles. The molecule has 0 heterocycles. The van der Waals surface area contributed by atoms with Crippen molar-refractivity contribution in [2.45, 2.75) is 64.1 Å². The van der Waals surface area contributed by atoms with Crippen LogP contribution in [-0.2, 0) is 0 Å². The molecule has 3 saturated carbocycles. The fraction of sp³-hybridized carbons (Fsp3) is 0.889. The predicted molar refractivity (Wildman–Crippen MR) is 79.0 cm³/mol. The van der Waals surface area contributed by atoms with Crippen LogP contribution in [0.25, 0.3) is 0 Å². The Bertz CT molecular complexity index is 418. The van der Waals surface area contributed by atoms with Gasteiger partial charge in [-0.2, -0.15) is 0 Å². The maximum absolute atomic E-state index is 10.4.